The maximum atomic E-state index is 12.4. The van der Waals surface area contributed by atoms with Crippen LogP contribution in [-0.4, -0.2) is 66.4 Å². The third kappa shape index (κ3) is 5.56. The molecule has 1 aromatic carbocycles. The van der Waals surface area contributed by atoms with Gasteiger partial charge in [0.05, 0.1) is 0 Å². The molecule has 0 saturated carbocycles. The number of aliphatic carboxylic acids is 1. The second-order valence-corrected chi connectivity index (χ2v) is 6.60. The van der Waals surface area contributed by atoms with Crippen molar-refractivity contribution in [3.63, 3.8) is 0 Å². The molecule has 0 saturated heterocycles. The molecule has 0 spiro atoms. The standard InChI is InChI=1S/C18H25N3O4/c1-20(2)9-10-21(12-17(23)24)16(22)8-7-14-11-13-5-3-4-6-15(13)19-18(14)25/h3-6,14H,7-12H2,1-2H3,(H,19,25)(H,23,24)/t14-/m1/s1. The highest BCUT2D eigenvalue weighted by atomic mass is 16.4. The van der Waals surface area contributed by atoms with Crippen LogP contribution in [0, 0.1) is 5.92 Å². The van der Waals surface area contributed by atoms with Gasteiger partial charge in [-0.2, -0.15) is 0 Å². The molecule has 0 aliphatic carbocycles. The Balaban J connectivity index is 1.92. The number of rotatable bonds is 8. The highest BCUT2D eigenvalue weighted by Gasteiger charge is 2.27. The number of hydrogen-bond acceptors (Lipinski definition) is 4. The number of carbonyl (C=O) groups excluding carboxylic acids is 2. The van der Waals surface area contributed by atoms with Crippen molar-refractivity contribution in [3.05, 3.63) is 29.8 Å². The van der Waals surface area contributed by atoms with Crippen molar-refractivity contribution in [2.75, 3.05) is 39.0 Å². The molecule has 1 aliphatic rings. The van der Waals surface area contributed by atoms with Crippen LogP contribution in [-0.2, 0) is 20.8 Å². The Morgan fingerprint density at radius 3 is 2.64 bits per heavy atom. The van der Waals surface area contributed by atoms with Crippen LogP contribution >= 0.6 is 0 Å². The second kappa shape index (κ2) is 8.62. The quantitative estimate of drug-likeness (QED) is 0.734. The van der Waals surface area contributed by atoms with Gasteiger partial charge in [-0.1, -0.05) is 18.2 Å². The summed E-state index contributed by atoms with van der Waals surface area (Å²) in [5.41, 5.74) is 1.89. The summed E-state index contributed by atoms with van der Waals surface area (Å²) in [5.74, 6) is -1.60. The van der Waals surface area contributed by atoms with Gasteiger partial charge in [0.25, 0.3) is 0 Å². The molecule has 2 N–H and O–H groups in total. The van der Waals surface area contributed by atoms with Gasteiger partial charge in [-0.25, -0.2) is 0 Å². The van der Waals surface area contributed by atoms with E-state index in [1.165, 1.54) is 4.90 Å². The van der Waals surface area contributed by atoms with Gasteiger partial charge in [-0.3, -0.25) is 14.4 Å². The fourth-order valence-electron chi connectivity index (χ4n) is 2.88. The molecule has 0 radical (unpaired) electrons. The van der Waals surface area contributed by atoms with Crippen molar-refractivity contribution in [2.24, 2.45) is 5.92 Å². The van der Waals surface area contributed by atoms with Gasteiger partial charge >= 0.3 is 5.97 Å². The molecule has 2 rings (SSSR count). The molecule has 0 unspecified atom stereocenters. The van der Waals surface area contributed by atoms with E-state index in [0.717, 1.165) is 11.3 Å². The number of carbonyl (C=O) groups is 3. The molecule has 7 heteroatoms. The largest absolute Gasteiger partial charge is 0.480 e. The lowest BCUT2D eigenvalue weighted by Gasteiger charge is -2.26. The Morgan fingerprint density at radius 1 is 1.24 bits per heavy atom. The lowest BCUT2D eigenvalue weighted by molar-refractivity contribution is -0.144. The Labute approximate surface area is 147 Å². The molecule has 0 bridgehead atoms. The number of nitrogens with zero attached hydrogens (tertiary/aromatic N) is 2. The van der Waals surface area contributed by atoms with Gasteiger partial charge in [0.1, 0.15) is 6.54 Å². The minimum Gasteiger partial charge on any atom is -0.480 e. The zero-order chi connectivity index (χ0) is 18.4. The van der Waals surface area contributed by atoms with E-state index in [4.69, 9.17) is 5.11 Å². The Hall–Kier alpha value is -2.41. The number of carboxylic acids is 1. The molecule has 7 nitrogen and oxygen atoms in total. The molecular formula is C18H25N3O4. The summed E-state index contributed by atoms with van der Waals surface area (Å²) in [6.45, 7) is 0.639. The summed E-state index contributed by atoms with van der Waals surface area (Å²) in [4.78, 5) is 38.8. The van der Waals surface area contributed by atoms with E-state index < -0.39 is 5.97 Å². The van der Waals surface area contributed by atoms with E-state index in [2.05, 4.69) is 5.32 Å². The number of likely N-dealkylation sites (N-methyl/N-ethyl adjacent to an activating group) is 1. The number of benzene rings is 1. The SMILES string of the molecule is CN(C)CCN(CC(=O)O)C(=O)CC[C@@H]1Cc2ccccc2NC1=O. The summed E-state index contributed by atoms with van der Waals surface area (Å²) >= 11 is 0. The molecule has 25 heavy (non-hydrogen) atoms. The van der Waals surface area contributed by atoms with Crippen molar-refractivity contribution < 1.29 is 19.5 Å². The van der Waals surface area contributed by atoms with Crippen LogP contribution in [0.15, 0.2) is 24.3 Å². The number of anilines is 1. The molecule has 1 atom stereocenters. The van der Waals surface area contributed by atoms with Crippen molar-refractivity contribution in [1.82, 2.24) is 9.80 Å². The van der Waals surface area contributed by atoms with Crippen LogP contribution < -0.4 is 5.32 Å². The van der Waals surface area contributed by atoms with Crippen molar-refractivity contribution in [1.29, 1.82) is 0 Å². The Kier molecular flexibility index (Phi) is 6.52. The lowest BCUT2D eigenvalue weighted by atomic mass is 9.89. The molecule has 2 amide bonds. The number of nitrogens with one attached hydrogen (secondary N) is 1. The van der Waals surface area contributed by atoms with Crippen LogP contribution in [0.25, 0.3) is 0 Å². The van der Waals surface area contributed by atoms with Gasteiger partial charge in [0, 0.05) is 31.1 Å². The topological polar surface area (TPSA) is 89.9 Å². The van der Waals surface area contributed by atoms with Crippen LogP contribution in [0.5, 0.6) is 0 Å². The molecule has 1 aromatic rings. The molecule has 0 fully saturated rings. The molecule has 1 aliphatic heterocycles. The van der Waals surface area contributed by atoms with Gasteiger partial charge in [-0.15, -0.1) is 0 Å². The first kappa shape index (κ1) is 18.9. The predicted molar refractivity (Wildman–Crippen MR) is 94.3 cm³/mol. The minimum atomic E-state index is -1.03. The zero-order valence-corrected chi connectivity index (χ0v) is 14.7. The van der Waals surface area contributed by atoms with Crippen LogP contribution in [0.2, 0.25) is 0 Å². The first-order valence-electron chi connectivity index (χ1n) is 8.40. The predicted octanol–water partition coefficient (Wildman–Crippen LogP) is 1.05. The summed E-state index contributed by atoms with van der Waals surface area (Å²) in [6, 6.07) is 7.63. The van der Waals surface area contributed by atoms with Gasteiger partial charge < -0.3 is 20.2 Å². The second-order valence-electron chi connectivity index (χ2n) is 6.60. The number of para-hydroxylation sites is 1. The monoisotopic (exact) mass is 347 g/mol. The van der Waals surface area contributed by atoms with Gasteiger partial charge in [-0.05, 0) is 38.6 Å². The molecular weight excluding hydrogens is 322 g/mol. The van der Waals surface area contributed by atoms with E-state index >= 15 is 0 Å². The first-order valence-corrected chi connectivity index (χ1v) is 8.40. The first-order chi connectivity index (χ1) is 11.9. The average molecular weight is 347 g/mol. The number of fused-ring (bicyclic) bond motifs is 1. The van der Waals surface area contributed by atoms with Crippen molar-refractivity contribution in [2.45, 2.75) is 19.3 Å². The average Bonchev–Trinajstić information content (AvgIpc) is 2.55. The number of amides is 2. The minimum absolute atomic E-state index is 0.0791. The van der Waals surface area contributed by atoms with Crippen LogP contribution in [0.4, 0.5) is 5.69 Å². The van der Waals surface area contributed by atoms with E-state index in [1.807, 2.05) is 43.3 Å². The maximum Gasteiger partial charge on any atom is 0.323 e. The summed E-state index contributed by atoms with van der Waals surface area (Å²) in [6.07, 6.45) is 1.18. The zero-order valence-electron chi connectivity index (χ0n) is 14.7. The van der Waals surface area contributed by atoms with E-state index in [9.17, 15) is 14.4 Å². The maximum absolute atomic E-state index is 12.4. The molecule has 1 heterocycles. The highest BCUT2D eigenvalue weighted by molar-refractivity contribution is 5.96. The lowest BCUT2D eigenvalue weighted by Crippen LogP contribution is -2.40. The highest BCUT2D eigenvalue weighted by Crippen LogP contribution is 2.27. The fraction of sp³-hybridized carbons (Fsp3) is 0.500. The van der Waals surface area contributed by atoms with Gasteiger partial charge in [0.15, 0.2) is 0 Å². The summed E-state index contributed by atoms with van der Waals surface area (Å²) < 4.78 is 0. The number of carboxylic acid groups (broad SMARTS) is 1. The van der Waals surface area contributed by atoms with Crippen LogP contribution in [0.3, 0.4) is 0 Å². The summed E-state index contributed by atoms with van der Waals surface area (Å²) in [7, 11) is 3.74. The van der Waals surface area contributed by atoms with Crippen LogP contribution in [0.1, 0.15) is 18.4 Å². The summed E-state index contributed by atoms with van der Waals surface area (Å²) in [5, 5.41) is 11.9. The Bertz CT molecular complexity index is 645. The number of hydrogen-bond donors (Lipinski definition) is 2. The van der Waals surface area contributed by atoms with E-state index in [1.54, 1.807) is 0 Å². The van der Waals surface area contributed by atoms with Gasteiger partial charge in [0.2, 0.25) is 11.8 Å². The van der Waals surface area contributed by atoms with E-state index in [-0.39, 0.29) is 30.7 Å². The molecule has 136 valence electrons. The smallest absolute Gasteiger partial charge is 0.323 e. The Morgan fingerprint density at radius 2 is 1.96 bits per heavy atom. The van der Waals surface area contributed by atoms with Crippen molar-refractivity contribution >= 4 is 23.5 Å². The molecule has 0 aromatic heterocycles. The van der Waals surface area contributed by atoms with Crippen molar-refractivity contribution in [3.8, 4) is 0 Å². The van der Waals surface area contributed by atoms with E-state index in [0.29, 0.717) is 25.9 Å². The fourth-order valence-corrected chi connectivity index (χ4v) is 2.88. The normalized spacial score (nSPS) is 16.3. The third-order valence-electron chi connectivity index (χ3n) is 4.31. The third-order valence-corrected chi connectivity index (χ3v) is 4.31.